The number of aldehydes is 1. The van der Waals surface area contributed by atoms with Gasteiger partial charge in [-0.1, -0.05) is 0 Å². The van der Waals surface area contributed by atoms with Gasteiger partial charge in [0.2, 0.25) is 0 Å². The number of rotatable bonds is 2. The zero-order chi connectivity index (χ0) is 6.69. The predicted molar refractivity (Wildman–Crippen MR) is 36.6 cm³/mol. The standard InChI is InChI=1S/C6H7NOS/c1-5-6(2-3-8)4-9-7-5/h3-4H,2H2,1H3. The van der Waals surface area contributed by atoms with Crippen LogP contribution in [0.2, 0.25) is 0 Å². The van der Waals surface area contributed by atoms with Crippen molar-refractivity contribution in [1.82, 2.24) is 4.37 Å². The van der Waals surface area contributed by atoms with Crippen molar-refractivity contribution in [3.63, 3.8) is 0 Å². The summed E-state index contributed by atoms with van der Waals surface area (Å²) in [4.78, 5) is 10.0. The van der Waals surface area contributed by atoms with Crippen LogP contribution in [0.25, 0.3) is 0 Å². The zero-order valence-electron chi connectivity index (χ0n) is 5.13. The van der Waals surface area contributed by atoms with Crippen LogP contribution in [0, 0.1) is 6.92 Å². The minimum atomic E-state index is 0.502. The van der Waals surface area contributed by atoms with Crippen molar-refractivity contribution in [3.05, 3.63) is 16.6 Å². The van der Waals surface area contributed by atoms with Gasteiger partial charge in [-0.3, -0.25) is 0 Å². The third-order valence-corrected chi connectivity index (χ3v) is 1.92. The van der Waals surface area contributed by atoms with Crippen LogP contribution in [0.4, 0.5) is 0 Å². The number of carbonyl (C=O) groups excluding carboxylic acids is 1. The van der Waals surface area contributed by atoms with E-state index in [1.54, 1.807) is 0 Å². The smallest absolute Gasteiger partial charge is 0.124 e. The second-order valence-corrected chi connectivity index (χ2v) is 2.43. The first-order valence-electron chi connectivity index (χ1n) is 2.68. The Kier molecular flexibility index (Phi) is 1.95. The molecule has 0 saturated heterocycles. The first-order valence-corrected chi connectivity index (χ1v) is 3.51. The number of hydrogen-bond donors (Lipinski definition) is 0. The molecule has 1 rings (SSSR count). The van der Waals surface area contributed by atoms with Gasteiger partial charge in [-0.25, -0.2) is 0 Å². The first kappa shape index (κ1) is 6.42. The molecule has 1 heterocycles. The highest BCUT2D eigenvalue weighted by atomic mass is 32.1. The van der Waals surface area contributed by atoms with Crippen LogP contribution in [0.5, 0.6) is 0 Å². The molecule has 0 unspecified atom stereocenters. The highest BCUT2D eigenvalue weighted by Crippen LogP contribution is 2.07. The van der Waals surface area contributed by atoms with Gasteiger partial charge < -0.3 is 4.79 Å². The fourth-order valence-corrected chi connectivity index (χ4v) is 1.32. The molecule has 0 aliphatic heterocycles. The van der Waals surface area contributed by atoms with Gasteiger partial charge in [0.1, 0.15) is 6.29 Å². The highest BCUT2D eigenvalue weighted by molar-refractivity contribution is 7.03. The van der Waals surface area contributed by atoms with Crippen LogP contribution in [-0.2, 0) is 11.2 Å². The third-order valence-electron chi connectivity index (χ3n) is 1.15. The minimum absolute atomic E-state index is 0.502. The molecule has 0 bridgehead atoms. The zero-order valence-corrected chi connectivity index (χ0v) is 5.94. The molecular formula is C6H7NOS. The maximum absolute atomic E-state index is 10.0. The number of carbonyl (C=O) groups is 1. The molecule has 1 aromatic heterocycles. The van der Waals surface area contributed by atoms with E-state index < -0.39 is 0 Å². The number of aromatic nitrogens is 1. The monoisotopic (exact) mass is 141 g/mol. The van der Waals surface area contributed by atoms with Crippen LogP contribution in [-0.4, -0.2) is 10.7 Å². The Bertz CT molecular complexity index is 207. The van der Waals surface area contributed by atoms with Crippen molar-refractivity contribution in [2.45, 2.75) is 13.3 Å². The summed E-state index contributed by atoms with van der Waals surface area (Å²) in [6.45, 7) is 1.91. The van der Waals surface area contributed by atoms with E-state index in [0.717, 1.165) is 17.5 Å². The lowest BCUT2D eigenvalue weighted by Gasteiger charge is -1.85. The van der Waals surface area contributed by atoms with E-state index in [0.29, 0.717) is 6.42 Å². The quantitative estimate of drug-likeness (QED) is 0.579. The fraction of sp³-hybridized carbons (Fsp3) is 0.333. The summed E-state index contributed by atoms with van der Waals surface area (Å²) in [7, 11) is 0. The molecule has 2 nitrogen and oxygen atoms in total. The molecular weight excluding hydrogens is 134 g/mol. The molecule has 0 saturated carbocycles. The van der Waals surface area contributed by atoms with Gasteiger partial charge >= 0.3 is 0 Å². The Morgan fingerprint density at radius 2 is 2.67 bits per heavy atom. The maximum Gasteiger partial charge on any atom is 0.124 e. The van der Waals surface area contributed by atoms with E-state index in [-0.39, 0.29) is 0 Å². The topological polar surface area (TPSA) is 30.0 Å². The van der Waals surface area contributed by atoms with Gasteiger partial charge in [-0.05, 0) is 24.0 Å². The Morgan fingerprint density at radius 1 is 1.89 bits per heavy atom. The molecule has 9 heavy (non-hydrogen) atoms. The predicted octanol–water partition coefficient (Wildman–Crippen LogP) is 1.19. The van der Waals surface area contributed by atoms with Gasteiger partial charge in [0, 0.05) is 11.8 Å². The molecule has 0 aliphatic carbocycles. The highest BCUT2D eigenvalue weighted by Gasteiger charge is 1.97. The van der Waals surface area contributed by atoms with E-state index in [2.05, 4.69) is 4.37 Å². The molecule has 0 aliphatic rings. The van der Waals surface area contributed by atoms with E-state index in [9.17, 15) is 4.79 Å². The van der Waals surface area contributed by atoms with Gasteiger partial charge in [-0.2, -0.15) is 4.37 Å². The van der Waals surface area contributed by atoms with E-state index in [4.69, 9.17) is 0 Å². The molecule has 0 atom stereocenters. The first-order chi connectivity index (χ1) is 4.34. The van der Waals surface area contributed by atoms with Crippen LogP contribution in [0.15, 0.2) is 5.38 Å². The SMILES string of the molecule is Cc1nscc1CC=O. The number of nitrogens with zero attached hydrogens (tertiary/aromatic N) is 1. The van der Waals surface area contributed by atoms with E-state index >= 15 is 0 Å². The van der Waals surface area contributed by atoms with Gasteiger partial charge in [-0.15, -0.1) is 0 Å². The summed E-state index contributed by atoms with van der Waals surface area (Å²) in [5, 5.41) is 1.91. The fourth-order valence-electron chi connectivity index (χ4n) is 0.599. The van der Waals surface area contributed by atoms with Crippen molar-refractivity contribution in [2.75, 3.05) is 0 Å². The van der Waals surface area contributed by atoms with Crippen LogP contribution in [0.3, 0.4) is 0 Å². The number of hydrogen-bond acceptors (Lipinski definition) is 3. The van der Waals surface area contributed by atoms with Crippen molar-refractivity contribution in [3.8, 4) is 0 Å². The molecule has 0 radical (unpaired) electrons. The van der Waals surface area contributed by atoms with Gasteiger partial charge in [0.05, 0.1) is 5.69 Å². The lowest BCUT2D eigenvalue weighted by Crippen LogP contribution is -1.84. The second-order valence-electron chi connectivity index (χ2n) is 1.80. The third kappa shape index (κ3) is 1.36. The summed E-state index contributed by atoms with van der Waals surface area (Å²) < 4.78 is 4.02. The molecule has 0 spiro atoms. The summed E-state index contributed by atoms with van der Waals surface area (Å²) >= 11 is 1.40. The largest absolute Gasteiger partial charge is 0.303 e. The Hall–Kier alpha value is -0.700. The average Bonchev–Trinajstić information content (AvgIpc) is 2.18. The van der Waals surface area contributed by atoms with Crippen molar-refractivity contribution >= 4 is 17.8 Å². The van der Waals surface area contributed by atoms with E-state index in [1.165, 1.54) is 11.5 Å². The van der Waals surface area contributed by atoms with Crippen molar-refractivity contribution in [1.29, 1.82) is 0 Å². The Labute approximate surface area is 57.7 Å². The summed E-state index contributed by atoms with van der Waals surface area (Å²) in [5.74, 6) is 0. The van der Waals surface area contributed by atoms with Crippen LogP contribution < -0.4 is 0 Å². The summed E-state index contributed by atoms with van der Waals surface area (Å²) in [5.41, 5.74) is 2.03. The van der Waals surface area contributed by atoms with Crippen LogP contribution >= 0.6 is 11.5 Å². The minimum Gasteiger partial charge on any atom is -0.303 e. The normalized spacial score (nSPS) is 9.44. The number of aryl methyl sites for hydroxylation is 1. The Morgan fingerprint density at radius 3 is 3.11 bits per heavy atom. The van der Waals surface area contributed by atoms with Gasteiger partial charge in [0.25, 0.3) is 0 Å². The molecule has 0 aromatic carbocycles. The van der Waals surface area contributed by atoms with Crippen molar-refractivity contribution < 1.29 is 4.79 Å². The lowest BCUT2D eigenvalue weighted by molar-refractivity contribution is -0.107. The maximum atomic E-state index is 10.0. The summed E-state index contributed by atoms with van der Waals surface area (Å²) in [6, 6.07) is 0. The summed E-state index contributed by atoms with van der Waals surface area (Å²) in [6.07, 6.45) is 1.40. The van der Waals surface area contributed by atoms with E-state index in [1.807, 2.05) is 12.3 Å². The lowest BCUT2D eigenvalue weighted by atomic mass is 10.2. The average molecular weight is 141 g/mol. The molecule has 1 aromatic rings. The Balaban J connectivity index is 2.80. The van der Waals surface area contributed by atoms with Crippen LogP contribution in [0.1, 0.15) is 11.3 Å². The second kappa shape index (κ2) is 2.73. The van der Waals surface area contributed by atoms with Gasteiger partial charge in [0.15, 0.2) is 0 Å². The molecule has 0 amide bonds. The molecule has 0 fully saturated rings. The molecule has 0 N–H and O–H groups in total. The van der Waals surface area contributed by atoms with Crippen molar-refractivity contribution in [2.24, 2.45) is 0 Å². The molecule has 3 heteroatoms. The molecule has 48 valence electrons.